The van der Waals surface area contributed by atoms with Gasteiger partial charge in [0.15, 0.2) is 0 Å². The van der Waals surface area contributed by atoms with Crippen molar-refractivity contribution in [1.29, 1.82) is 0 Å². The number of carboxylic acids is 1. The number of carboxylic acid groups (broad SMARTS) is 1. The molecule has 0 heterocycles. The van der Waals surface area contributed by atoms with Crippen LogP contribution in [0.25, 0.3) is 6.08 Å². The zero-order valence-electron chi connectivity index (χ0n) is 15.3. The highest BCUT2D eigenvalue weighted by molar-refractivity contribution is 9.10. The molecular formula is C23H18BrNO4. The molecule has 0 saturated carbocycles. The molecule has 0 bridgehead atoms. The van der Waals surface area contributed by atoms with Crippen molar-refractivity contribution in [3.63, 3.8) is 0 Å². The average molecular weight is 452 g/mol. The van der Waals surface area contributed by atoms with Crippen LogP contribution in [0.2, 0.25) is 0 Å². The molecule has 3 aromatic carbocycles. The third kappa shape index (κ3) is 5.80. The van der Waals surface area contributed by atoms with Crippen LogP contribution in [0.3, 0.4) is 0 Å². The number of halogens is 1. The smallest absolute Gasteiger partial charge is 0.352 e. The molecule has 0 atom stereocenters. The van der Waals surface area contributed by atoms with Crippen molar-refractivity contribution in [2.75, 3.05) is 0 Å². The monoisotopic (exact) mass is 451 g/mol. The maximum Gasteiger partial charge on any atom is 0.352 e. The topological polar surface area (TPSA) is 75.6 Å². The van der Waals surface area contributed by atoms with Crippen molar-refractivity contribution in [1.82, 2.24) is 5.32 Å². The molecule has 0 fully saturated rings. The summed E-state index contributed by atoms with van der Waals surface area (Å²) in [7, 11) is 0. The number of amides is 1. The van der Waals surface area contributed by atoms with Crippen LogP contribution in [-0.2, 0) is 11.4 Å². The fraction of sp³-hybridized carbons (Fsp3) is 0.0435. The minimum absolute atomic E-state index is 0.221. The Morgan fingerprint density at radius 3 is 2.41 bits per heavy atom. The van der Waals surface area contributed by atoms with Crippen LogP contribution in [0.15, 0.2) is 89.0 Å². The maximum absolute atomic E-state index is 12.3. The van der Waals surface area contributed by atoms with Crippen molar-refractivity contribution >= 4 is 33.9 Å². The highest BCUT2D eigenvalue weighted by Gasteiger charge is 2.13. The van der Waals surface area contributed by atoms with E-state index < -0.39 is 11.9 Å². The molecular weight excluding hydrogens is 434 g/mol. The number of ether oxygens (including phenoxy) is 1. The van der Waals surface area contributed by atoms with Gasteiger partial charge in [0.2, 0.25) is 0 Å². The summed E-state index contributed by atoms with van der Waals surface area (Å²) >= 11 is 3.48. The molecule has 6 heteroatoms. The first-order valence-electron chi connectivity index (χ1n) is 8.80. The van der Waals surface area contributed by atoms with Gasteiger partial charge in [0, 0.05) is 15.6 Å². The van der Waals surface area contributed by atoms with Gasteiger partial charge in [-0.3, -0.25) is 4.79 Å². The second-order valence-electron chi connectivity index (χ2n) is 6.14. The lowest BCUT2D eigenvalue weighted by Crippen LogP contribution is -2.27. The van der Waals surface area contributed by atoms with Crippen LogP contribution in [0.1, 0.15) is 21.5 Å². The van der Waals surface area contributed by atoms with E-state index in [1.807, 2.05) is 24.3 Å². The zero-order valence-corrected chi connectivity index (χ0v) is 16.9. The van der Waals surface area contributed by atoms with Crippen molar-refractivity contribution in [3.8, 4) is 5.75 Å². The number of hydrogen-bond acceptors (Lipinski definition) is 3. The maximum atomic E-state index is 12.3. The minimum Gasteiger partial charge on any atom is -0.489 e. The molecule has 0 unspecified atom stereocenters. The Morgan fingerprint density at radius 1 is 0.966 bits per heavy atom. The number of hydrogen-bond donors (Lipinski definition) is 2. The van der Waals surface area contributed by atoms with Crippen LogP contribution in [0, 0.1) is 0 Å². The molecule has 0 aliphatic heterocycles. The molecule has 29 heavy (non-hydrogen) atoms. The lowest BCUT2D eigenvalue weighted by Gasteiger charge is -2.09. The van der Waals surface area contributed by atoms with Gasteiger partial charge in [0.1, 0.15) is 18.1 Å². The van der Waals surface area contributed by atoms with Crippen LogP contribution in [-0.4, -0.2) is 17.0 Å². The van der Waals surface area contributed by atoms with E-state index in [1.165, 1.54) is 6.08 Å². The summed E-state index contributed by atoms with van der Waals surface area (Å²) in [6.07, 6.45) is 1.40. The van der Waals surface area contributed by atoms with Crippen molar-refractivity contribution in [2.24, 2.45) is 0 Å². The van der Waals surface area contributed by atoms with Gasteiger partial charge in [-0.15, -0.1) is 0 Å². The van der Waals surface area contributed by atoms with Crippen LogP contribution in [0.5, 0.6) is 5.75 Å². The van der Waals surface area contributed by atoms with Crippen LogP contribution >= 0.6 is 15.9 Å². The SMILES string of the molecule is O=C(O)/C(=C\c1cccc(OCc2ccccc2Br)c1)NC(=O)c1ccccc1. The van der Waals surface area contributed by atoms with Gasteiger partial charge in [-0.05, 0) is 42.0 Å². The first-order chi connectivity index (χ1) is 14.0. The summed E-state index contributed by atoms with van der Waals surface area (Å²) in [5, 5.41) is 11.9. The number of nitrogens with one attached hydrogen (secondary N) is 1. The molecule has 0 spiro atoms. The van der Waals surface area contributed by atoms with E-state index in [9.17, 15) is 14.7 Å². The first kappa shape index (κ1) is 20.4. The standard InChI is InChI=1S/C23H18BrNO4/c24-20-12-5-4-10-18(20)15-29-19-11-6-7-16(13-19)14-21(23(27)28)25-22(26)17-8-2-1-3-9-17/h1-14H,15H2,(H,25,26)(H,27,28)/b21-14+. The molecule has 146 valence electrons. The highest BCUT2D eigenvalue weighted by atomic mass is 79.9. The molecule has 2 N–H and O–H groups in total. The largest absolute Gasteiger partial charge is 0.489 e. The molecule has 0 aliphatic rings. The Hall–Kier alpha value is -3.38. The average Bonchev–Trinajstić information content (AvgIpc) is 2.73. The molecule has 0 aliphatic carbocycles. The predicted octanol–water partition coefficient (Wildman–Crippen LogP) is 4.88. The molecule has 3 rings (SSSR count). The van der Waals surface area contributed by atoms with Crippen LogP contribution in [0.4, 0.5) is 0 Å². The summed E-state index contributed by atoms with van der Waals surface area (Å²) < 4.78 is 6.76. The summed E-state index contributed by atoms with van der Waals surface area (Å²) in [6, 6.07) is 23.2. The fourth-order valence-electron chi connectivity index (χ4n) is 2.57. The summed E-state index contributed by atoms with van der Waals surface area (Å²) in [4.78, 5) is 23.8. The van der Waals surface area contributed by atoms with Crippen molar-refractivity contribution < 1.29 is 19.4 Å². The highest BCUT2D eigenvalue weighted by Crippen LogP contribution is 2.20. The van der Waals surface area contributed by atoms with Gasteiger partial charge in [0.25, 0.3) is 5.91 Å². The quantitative estimate of drug-likeness (QED) is 0.501. The normalized spacial score (nSPS) is 11.0. The Bertz CT molecular complexity index is 1050. The Morgan fingerprint density at radius 2 is 1.69 bits per heavy atom. The van der Waals surface area contributed by atoms with Crippen molar-refractivity contribution in [2.45, 2.75) is 6.61 Å². The summed E-state index contributed by atoms with van der Waals surface area (Å²) in [6.45, 7) is 0.366. The van der Waals surface area contributed by atoms with Crippen LogP contribution < -0.4 is 10.1 Å². The molecule has 5 nitrogen and oxygen atoms in total. The van der Waals surface area contributed by atoms with E-state index in [0.717, 1.165) is 10.0 Å². The summed E-state index contributed by atoms with van der Waals surface area (Å²) in [5.74, 6) is -1.12. The third-order valence-electron chi connectivity index (χ3n) is 4.04. The molecule has 0 radical (unpaired) electrons. The Labute approximate surface area is 176 Å². The summed E-state index contributed by atoms with van der Waals surface area (Å²) in [5.41, 5.74) is 1.75. The van der Waals surface area contributed by atoms with Gasteiger partial charge < -0.3 is 15.2 Å². The molecule has 3 aromatic rings. The molecule has 1 amide bonds. The van der Waals surface area contributed by atoms with E-state index in [-0.39, 0.29) is 5.70 Å². The van der Waals surface area contributed by atoms with Gasteiger partial charge >= 0.3 is 5.97 Å². The number of rotatable bonds is 7. The second kappa shape index (κ2) is 9.71. The number of carbonyl (C=O) groups excluding carboxylic acids is 1. The zero-order chi connectivity index (χ0) is 20.6. The second-order valence-corrected chi connectivity index (χ2v) is 6.99. The van der Waals surface area contributed by atoms with Gasteiger partial charge in [0.05, 0.1) is 0 Å². The van der Waals surface area contributed by atoms with E-state index in [0.29, 0.717) is 23.5 Å². The van der Waals surface area contributed by atoms with E-state index >= 15 is 0 Å². The van der Waals surface area contributed by atoms with Gasteiger partial charge in [-0.25, -0.2) is 4.79 Å². The molecule has 0 aromatic heterocycles. The van der Waals surface area contributed by atoms with Crippen molar-refractivity contribution in [3.05, 3.63) is 106 Å². The van der Waals surface area contributed by atoms with Gasteiger partial charge in [-0.2, -0.15) is 0 Å². The van der Waals surface area contributed by atoms with E-state index in [4.69, 9.17) is 4.74 Å². The Balaban J connectivity index is 1.75. The first-order valence-corrected chi connectivity index (χ1v) is 9.60. The van der Waals surface area contributed by atoms with Gasteiger partial charge in [-0.1, -0.05) is 64.5 Å². The third-order valence-corrected chi connectivity index (χ3v) is 4.81. The fourth-order valence-corrected chi connectivity index (χ4v) is 2.97. The minimum atomic E-state index is -1.23. The Kier molecular flexibility index (Phi) is 6.81. The molecule has 0 saturated heterocycles. The predicted molar refractivity (Wildman–Crippen MR) is 114 cm³/mol. The van der Waals surface area contributed by atoms with E-state index in [1.54, 1.807) is 54.6 Å². The lowest BCUT2D eigenvalue weighted by molar-refractivity contribution is -0.132. The van der Waals surface area contributed by atoms with E-state index in [2.05, 4.69) is 21.2 Å². The number of aliphatic carboxylic acids is 1. The number of benzene rings is 3. The lowest BCUT2D eigenvalue weighted by atomic mass is 10.1. The number of carbonyl (C=O) groups is 2.